The first kappa shape index (κ1) is 15.3. The Kier molecular flexibility index (Phi) is 5.43. The molecule has 2 rings (SSSR count). The summed E-state index contributed by atoms with van der Waals surface area (Å²) in [4.78, 5) is 0. The molecule has 0 aliphatic carbocycles. The van der Waals surface area contributed by atoms with Crippen LogP contribution in [0.1, 0.15) is 37.3 Å². The van der Waals surface area contributed by atoms with Crippen molar-refractivity contribution in [2.75, 3.05) is 24.2 Å². The molecular formula is C15H24N2O2S. The van der Waals surface area contributed by atoms with E-state index in [2.05, 4.69) is 28.2 Å². The third-order valence-corrected chi connectivity index (χ3v) is 5.08. The van der Waals surface area contributed by atoms with Gasteiger partial charge in [-0.3, -0.25) is 0 Å². The summed E-state index contributed by atoms with van der Waals surface area (Å²) >= 11 is 0. The van der Waals surface area contributed by atoms with Gasteiger partial charge in [0.05, 0.1) is 5.75 Å². The molecule has 1 aromatic carbocycles. The third-order valence-electron chi connectivity index (χ3n) is 3.61. The number of benzene rings is 1. The molecule has 0 radical (unpaired) electrons. The van der Waals surface area contributed by atoms with Crippen LogP contribution >= 0.6 is 0 Å². The van der Waals surface area contributed by atoms with Crippen LogP contribution < -0.4 is 10.0 Å². The molecule has 0 saturated heterocycles. The molecule has 1 aliphatic rings. The molecule has 0 amide bonds. The van der Waals surface area contributed by atoms with Gasteiger partial charge < -0.3 is 5.32 Å². The number of fused-ring (bicyclic) bond motifs is 1. The van der Waals surface area contributed by atoms with Crippen LogP contribution in [-0.2, 0) is 22.9 Å². The molecule has 0 aromatic heterocycles. The summed E-state index contributed by atoms with van der Waals surface area (Å²) < 4.78 is 26.1. The van der Waals surface area contributed by atoms with E-state index in [0.29, 0.717) is 6.54 Å². The van der Waals surface area contributed by atoms with E-state index in [1.165, 1.54) is 23.2 Å². The molecule has 5 heteroatoms. The highest BCUT2D eigenvalue weighted by atomic mass is 32.2. The van der Waals surface area contributed by atoms with E-state index in [9.17, 15) is 8.42 Å². The van der Waals surface area contributed by atoms with Gasteiger partial charge in [-0.1, -0.05) is 25.5 Å². The van der Waals surface area contributed by atoms with Gasteiger partial charge in [0.15, 0.2) is 0 Å². The molecule has 0 atom stereocenters. The Morgan fingerprint density at radius 2 is 2.20 bits per heavy atom. The molecule has 0 spiro atoms. The van der Waals surface area contributed by atoms with Crippen LogP contribution in [0.5, 0.6) is 0 Å². The summed E-state index contributed by atoms with van der Waals surface area (Å²) in [7, 11) is -3.09. The van der Waals surface area contributed by atoms with Gasteiger partial charge in [-0.15, -0.1) is 0 Å². The van der Waals surface area contributed by atoms with Gasteiger partial charge in [0.1, 0.15) is 0 Å². The smallest absolute Gasteiger partial charge is 0.211 e. The first-order chi connectivity index (χ1) is 9.61. The summed E-state index contributed by atoms with van der Waals surface area (Å²) in [5.74, 6) is 0.234. The van der Waals surface area contributed by atoms with Gasteiger partial charge in [0.2, 0.25) is 10.0 Å². The van der Waals surface area contributed by atoms with E-state index < -0.39 is 10.0 Å². The van der Waals surface area contributed by atoms with E-state index in [0.717, 1.165) is 32.2 Å². The predicted octanol–water partition coefficient (Wildman–Crippen LogP) is 2.31. The Bertz CT molecular complexity index is 541. The molecule has 2 N–H and O–H groups in total. The molecule has 0 fully saturated rings. The van der Waals surface area contributed by atoms with Crippen LogP contribution in [0.2, 0.25) is 0 Å². The van der Waals surface area contributed by atoms with E-state index in [4.69, 9.17) is 0 Å². The molecule has 20 heavy (non-hydrogen) atoms. The van der Waals surface area contributed by atoms with Crippen molar-refractivity contribution >= 4 is 15.7 Å². The van der Waals surface area contributed by atoms with Gasteiger partial charge in [0, 0.05) is 18.8 Å². The van der Waals surface area contributed by atoms with Crippen molar-refractivity contribution in [3.05, 3.63) is 29.3 Å². The Morgan fingerprint density at radius 3 is 3.00 bits per heavy atom. The lowest BCUT2D eigenvalue weighted by molar-refractivity contribution is 0.578. The zero-order chi connectivity index (χ0) is 14.4. The van der Waals surface area contributed by atoms with E-state index in [1.54, 1.807) is 0 Å². The minimum atomic E-state index is -3.09. The number of hydrogen-bond donors (Lipinski definition) is 2. The van der Waals surface area contributed by atoms with E-state index in [-0.39, 0.29) is 5.75 Å². The average molecular weight is 296 g/mol. The normalized spacial score (nSPS) is 14.7. The number of aryl methyl sites for hydroxylation is 1. The standard InChI is InChI=1S/C15H24N2O2S/c1-2-3-11-20(18,19)17-10-8-13-6-7-15-14(12-13)5-4-9-16-15/h6-7,12,16-17H,2-5,8-11H2,1H3. The van der Waals surface area contributed by atoms with Crippen molar-refractivity contribution in [1.29, 1.82) is 0 Å². The lowest BCUT2D eigenvalue weighted by Gasteiger charge is -2.18. The van der Waals surface area contributed by atoms with Gasteiger partial charge in [-0.25, -0.2) is 13.1 Å². The molecule has 0 unspecified atom stereocenters. The summed E-state index contributed by atoms with van der Waals surface area (Å²) in [6.07, 6.45) is 4.65. The Balaban J connectivity index is 1.85. The fourth-order valence-corrected chi connectivity index (χ4v) is 3.67. The summed E-state index contributed by atoms with van der Waals surface area (Å²) in [5.41, 5.74) is 3.77. The highest BCUT2D eigenvalue weighted by Crippen LogP contribution is 2.22. The maximum Gasteiger partial charge on any atom is 0.211 e. The van der Waals surface area contributed by atoms with Gasteiger partial charge in [-0.2, -0.15) is 0 Å². The minimum absolute atomic E-state index is 0.234. The second kappa shape index (κ2) is 7.09. The largest absolute Gasteiger partial charge is 0.385 e. The van der Waals surface area contributed by atoms with E-state index in [1.807, 2.05) is 6.92 Å². The van der Waals surface area contributed by atoms with Crippen molar-refractivity contribution in [3.63, 3.8) is 0 Å². The first-order valence-electron chi connectivity index (χ1n) is 7.44. The monoisotopic (exact) mass is 296 g/mol. The first-order valence-corrected chi connectivity index (χ1v) is 9.09. The van der Waals surface area contributed by atoms with Crippen LogP contribution in [0.15, 0.2) is 18.2 Å². The molecule has 4 nitrogen and oxygen atoms in total. The minimum Gasteiger partial charge on any atom is -0.385 e. The molecular weight excluding hydrogens is 272 g/mol. The number of rotatable bonds is 7. The molecule has 1 aliphatic heterocycles. The molecule has 0 saturated carbocycles. The number of anilines is 1. The average Bonchev–Trinajstić information content (AvgIpc) is 2.45. The Morgan fingerprint density at radius 1 is 1.35 bits per heavy atom. The van der Waals surface area contributed by atoms with Crippen molar-refractivity contribution in [2.24, 2.45) is 0 Å². The van der Waals surface area contributed by atoms with Gasteiger partial charge in [0.25, 0.3) is 0 Å². The van der Waals surface area contributed by atoms with Crippen LogP contribution in [0.3, 0.4) is 0 Å². The summed E-state index contributed by atoms with van der Waals surface area (Å²) in [6.45, 7) is 3.53. The lowest BCUT2D eigenvalue weighted by atomic mass is 10.00. The molecule has 0 bridgehead atoms. The van der Waals surface area contributed by atoms with Crippen LogP contribution in [0.25, 0.3) is 0 Å². The second-order valence-corrected chi connectivity index (χ2v) is 7.27. The van der Waals surface area contributed by atoms with Crippen LogP contribution in [0, 0.1) is 0 Å². The maximum absolute atomic E-state index is 11.7. The highest BCUT2D eigenvalue weighted by molar-refractivity contribution is 7.89. The van der Waals surface area contributed by atoms with Crippen LogP contribution in [0.4, 0.5) is 5.69 Å². The SMILES string of the molecule is CCCCS(=O)(=O)NCCc1ccc2c(c1)CCCN2. The van der Waals surface area contributed by atoms with Crippen molar-refractivity contribution in [1.82, 2.24) is 4.72 Å². The van der Waals surface area contributed by atoms with Crippen molar-refractivity contribution in [3.8, 4) is 0 Å². The fraction of sp³-hybridized carbons (Fsp3) is 0.600. The van der Waals surface area contributed by atoms with Crippen molar-refractivity contribution in [2.45, 2.75) is 39.0 Å². The van der Waals surface area contributed by atoms with Gasteiger partial charge >= 0.3 is 0 Å². The fourth-order valence-electron chi connectivity index (χ4n) is 2.44. The maximum atomic E-state index is 11.7. The Hall–Kier alpha value is -1.07. The predicted molar refractivity (Wildman–Crippen MR) is 83.7 cm³/mol. The van der Waals surface area contributed by atoms with Gasteiger partial charge in [-0.05, 0) is 42.9 Å². The zero-order valence-corrected chi connectivity index (χ0v) is 12.9. The zero-order valence-electron chi connectivity index (χ0n) is 12.1. The van der Waals surface area contributed by atoms with Crippen LogP contribution in [-0.4, -0.2) is 27.3 Å². The third kappa shape index (κ3) is 4.49. The number of unbranched alkanes of at least 4 members (excludes halogenated alkanes) is 1. The quantitative estimate of drug-likeness (QED) is 0.812. The molecule has 1 heterocycles. The van der Waals surface area contributed by atoms with E-state index >= 15 is 0 Å². The second-order valence-electron chi connectivity index (χ2n) is 5.34. The Labute approximate surface area is 122 Å². The number of nitrogens with one attached hydrogen (secondary N) is 2. The summed E-state index contributed by atoms with van der Waals surface area (Å²) in [6, 6.07) is 6.38. The topological polar surface area (TPSA) is 58.2 Å². The highest BCUT2D eigenvalue weighted by Gasteiger charge is 2.10. The molecule has 112 valence electrons. The summed E-state index contributed by atoms with van der Waals surface area (Å²) in [5, 5.41) is 3.38. The van der Waals surface area contributed by atoms with Crippen molar-refractivity contribution < 1.29 is 8.42 Å². The lowest BCUT2D eigenvalue weighted by Crippen LogP contribution is -2.28. The molecule has 1 aromatic rings. The number of hydrogen-bond acceptors (Lipinski definition) is 3. The number of sulfonamides is 1.